The molecular formula is C50H86N2O4. The third-order valence-electron chi connectivity index (χ3n) is 10.1. The fraction of sp³-hybridized carbons (Fsp3) is 0.680. The van der Waals surface area contributed by atoms with E-state index in [-0.39, 0.29) is 17.9 Å². The van der Waals surface area contributed by atoms with Crippen LogP contribution in [-0.4, -0.2) is 46.9 Å². The summed E-state index contributed by atoms with van der Waals surface area (Å²) in [6.07, 6.45) is 10.6. The Labute approximate surface area is 346 Å². The lowest BCUT2D eigenvalue weighted by Crippen LogP contribution is -2.40. The maximum atomic E-state index is 11.8. The molecule has 320 valence electrons. The number of carbonyl (C=O) groups excluding carboxylic acids is 4. The second-order valence-electron chi connectivity index (χ2n) is 15.1. The van der Waals surface area contributed by atoms with Gasteiger partial charge in [-0.1, -0.05) is 132 Å². The van der Waals surface area contributed by atoms with Crippen LogP contribution in [0.5, 0.6) is 0 Å². The number of para-hydroxylation sites is 1. The maximum Gasteiger partial charge on any atom is 0.227 e. The molecular weight excluding hydrogens is 693 g/mol. The fourth-order valence-electron chi connectivity index (χ4n) is 7.49. The molecule has 2 unspecified atom stereocenters. The van der Waals surface area contributed by atoms with Gasteiger partial charge in [0, 0.05) is 61.8 Å². The highest BCUT2D eigenvalue weighted by Gasteiger charge is 2.29. The molecule has 2 aromatic carbocycles. The van der Waals surface area contributed by atoms with Crippen molar-refractivity contribution in [3.63, 3.8) is 0 Å². The van der Waals surface area contributed by atoms with Gasteiger partial charge < -0.3 is 9.80 Å². The van der Waals surface area contributed by atoms with Crippen LogP contribution in [0.3, 0.4) is 0 Å². The van der Waals surface area contributed by atoms with Crippen molar-refractivity contribution >= 4 is 29.1 Å². The summed E-state index contributed by atoms with van der Waals surface area (Å²) in [5.41, 5.74) is 5.02. The Balaban J connectivity index is 0. The second-order valence-corrected chi connectivity index (χ2v) is 15.1. The molecule has 1 saturated heterocycles. The summed E-state index contributed by atoms with van der Waals surface area (Å²) >= 11 is 0. The molecule has 56 heavy (non-hydrogen) atoms. The van der Waals surface area contributed by atoms with Gasteiger partial charge in [0.25, 0.3) is 0 Å². The van der Waals surface area contributed by atoms with Gasteiger partial charge in [0.05, 0.1) is 0 Å². The van der Waals surface area contributed by atoms with Gasteiger partial charge in [-0.3, -0.25) is 19.2 Å². The van der Waals surface area contributed by atoms with Crippen LogP contribution in [0.4, 0.5) is 5.69 Å². The van der Waals surface area contributed by atoms with Crippen LogP contribution in [0.15, 0.2) is 48.5 Å². The number of nitrogens with zero attached hydrogens (tertiary/aromatic N) is 2. The lowest BCUT2D eigenvalue weighted by Gasteiger charge is -2.32. The number of Topliss-reactive ketones (excluding diaryl/α,β-unsaturated/α-hetero) is 2. The van der Waals surface area contributed by atoms with Crippen LogP contribution in [-0.2, 0) is 32.0 Å². The molecule has 0 spiro atoms. The first kappa shape index (κ1) is 54.8. The molecule has 2 fully saturated rings. The van der Waals surface area contributed by atoms with Crippen LogP contribution in [0.1, 0.15) is 191 Å². The molecule has 4 aliphatic rings. The number of carbonyl (C=O) groups is 4. The van der Waals surface area contributed by atoms with E-state index in [2.05, 4.69) is 79.7 Å². The first-order chi connectivity index (χ1) is 26.8. The number of fused-ring (bicyclic) bond motifs is 2. The number of aryl methyl sites for hydroxylation is 2. The average Bonchev–Trinajstić information content (AvgIpc) is 3.21. The smallest absolute Gasteiger partial charge is 0.227 e. The first-order valence-corrected chi connectivity index (χ1v) is 22.7. The zero-order valence-electron chi connectivity index (χ0n) is 39.1. The van der Waals surface area contributed by atoms with E-state index in [0.717, 1.165) is 63.6 Å². The molecule has 2 aromatic rings. The molecule has 2 atom stereocenters. The summed E-state index contributed by atoms with van der Waals surface area (Å²) in [6, 6.07) is 17.2. The number of amides is 2. The molecule has 2 heterocycles. The normalized spacial score (nSPS) is 18.2. The Bertz CT molecular complexity index is 1260. The standard InChI is InChI=1S/C13H16O.C12H15NO.C9H16O.C8H15NO.4C2H6/c2*1-9(2)13-11-6-4-3-5-10(11)7-8-12(13)14;1-7(2)8-5-3-4-6-9(8)10;1-7(2)9-6-4-3-5-8(9)10;4*1-2/h3-6,9,13H,7-8H2,1-2H3;3-6,9H,7-8H2,1-2H3;7-8H,3-6H2,1-2H3;7H,3-6H2,1-2H3;4*1-2H3. The molecule has 6 nitrogen and oxygen atoms in total. The molecule has 2 aliphatic carbocycles. The Morgan fingerprint density at radius 2 is 1.04 bits per heavy atom. The van der Waals surface area contributed by atoms with E-state index in [1.807, 2.05) is 89.5 Å². The van der Waals surface area contributed by atoms with Crippen LogP contribution < -0.4 is 4.90 Å². The van der Waals surface area contributed by atoms with E-state index >= 15 is 0 Å². The van der Waals surface area contributed by atoms with Gasteiger partial charge in [-0.15, -0.1) is 0 Å². The highest BCUT2D eigenvalue weighted by Crippen LogP contribution is 2.34. The quantitative estimate of drug-likeness (QED) is 0.310. The number of piperidine rings is 1. The summed E-state index contributed by atoms with van der Waals surface area (Å²) in [5, 5.41) is 0. The second kappa shape index (κ2) is 31.8. The van der Waals surface area contributed by atoms with Crippen molar-refractivity contribution in [3.05, 3.63) is 65.2 Å². The molecule has 0 bridgehead atoms. The molecule has 6 rings (SSSR count). The number of likely N-dealkylation sites (tertiary alicyclic amines) is 1. The Hall–Kier alpha value is -3.28. The Morgan fingerprint density at radius 3 is 1.52 bits per heavy atom. The zero-order valence-corrected chi connectivity index (χ0v) is 39.1. The van der Waals surface area contributed by atoms with Crippen molar-refractivity contribution in [1.82, 2.24) is 4.90 Å². The molecule has 0 radical (unpaired) electrons. The van der Waals surface area contributed by atoms with Crippen molar-refractivity contribution in [2.45, 2.75) is 199 Å². The van der Waals surface area contributed by atoms with Crippen molar-refractivity contribution in [1.29, 1.82) is 0 Å². The van der Waals surface area contributed by atoms with Crippen LogP contribution in [0, 0.1) is 17.8 Å². The van der Waals surface area contributed by atoms with E-state index in [4.69, 9.17) is 0 Å². The van der Waals surface area contributed by atoms with Crippen molar-refractivity contribution in [2.24, 2.45) is 17.8 Å². The number of rotatable bonds is 4. The van der Waals surface area contributed by atoms with Crippen molar-refractivity contribution in [2.75, 3.05) is 11.4 Å². The van der Waals surface area contributed by atoms with Crippen molar-refractivity contribution < 1.29 is 19.2 Å². The summed E-state index contributed by atoms with van der Waals surface area (Å²) in [4.78, 5) is 49.8. The minimum Gasteiger partial charge on any atom is -0.340 e. The van der Waals surface area contributed by atoms with Crippen LogP contribution >= 0.6 is 0 Å². The van der Waals surface area contributed by atoms with E-state index in [9.17, 15) is 19.2 Å². The molecule has 0 N–H and O–H groups in total. The van der Waals surface area contributed by atoms with Gasteiger partial charge in [-0.25, -0.2) is 0 Å². The molecule has 2 aliphatic heterocycles. The van der Waals surface area contributed by atoms with Gasteiger partial charge in [0.15, 0.2) is 0 Å². The number of benzene rings is 2. The third-order valence-corrected chi connectivity index (χ3v) is 10.1. The first-order valence-electron chi connectivity index (χ1n) is 22.7. The SMILES string of the molecule is CC.CC.CC.CC.CC(C)C1C(=O)CCc2ccccc21.CC(C)C1CCCCC1=O.CC(C)N1C(=O)CCc2ccccc21.CC(C)N1CCCCC1=O. The Morgan fingerprint density at radius 1 is 0.500 bits per heavy atom. The molecule has 0 aromatic heterocycles. The topological polar surface area (TPSA) is 74.8 Å². The number of hydrogen-bond acceptors (Lipinski definition) is 4. The predicted octanol–water partition coefficient (Wildman–Crippen LogP) is 13.2. The monoisotopic (exact) mass is 779 g/mol. The van der Waals surface area contributed by atoms with E-state index in [1.54, 1.807) is 0 Å². The molecule has 6 heteroatoms. The zero-order chi connectivity index (χ0) is 43.4. The maximum absolute atomic E-state index is 11.8. The van der Waals surface area contributed by atoms with Crippen molar-refractivity contribution in [3.8, 4) is 0 Å². The van der Waals surface area contributed by atoms with E-state index in [1.165, 1.54) is 29.5 Å². The number of hydrogen-bond donors (Lipinski definition) is 0. The summed E-state index contributed by atoms with van der Waals surface area (Å²) in [7, 11) is 0. The largest absolute Gasteiger partial charge is 0.340 e. The molecule has 1 saturated carbocycles. The Kier molecular flexibility index (Phi) is 31.1. The van der Waals surface area contributed by atoms with Gasteiger partial charge in [0.2, 0.25) is 11.8 Å². The lowest BCUT2D eigenvalue weighted by molar-refractivity contribution is -0.135. The number of ketones is 2. The minimum atomic E-state index is 0.139. The predicted molar refractivity (Wildman–Crippen MR) is 243 cm³/mol. The van der Waals surface area contributed by atoms with E-state index in [0.29, 0.717) is 47.7 Å². The van der Waals surface area contributed by atoms with Crippen LogP contribution in [0.25, 0.3) is 0 Å². The lowest BCUT2D eigenvalue weighted by atomic mass is 9.76. The highest BCUT2D eigenvalue weighted by atomic mass is 16.2. The molecule has 2 amide bonds. The fourth-order valence-corrected chi connectivity index (χ4v) is 7.49. The average molecular weight is 779 g/mol. The van der Waals surface area contributed by atoms with Gasteiger partial charge in [-0.2, -0.15) is 0 Å². The van der Waals surface area contributed by atoms with Gasteiger partial charge in [0.1, 0.15) is 11.6 Å². The minimum absolute atomic E-state index is 0.139. The summed E-state index contributed by atoms with van der Waals surface area (Å²) in [5.74, 6) is 3.00. The highest BCUT2D eigenvalue weighted by molar-refractivity contribution is 5.96. The third kappa shape index (κ3) is 18.3. The summed E-state index contributed by atoms with van der Waals surface area (Å²) < 4.78 is 0. The number of anilines is 1. The van der Waals surface area contributed by atoms with Gasteiger partial charge >= 0.3 is 0 Å². The van der Waals surface area contributed by atoms with E-state index < -0.39 is 0 Å². The summed E-state index contributed by atoms with van der Waals surface area (Å²) in [6.45, 7) is 33.8. The van der Waals surface area contributed by atoms with Gasteiger partial charge in [-0.05, 0) is 101 Å². The van der Waals surface area contributed by atoms with Crippen LogP contribution in [0.2, 0.25) is 0 Å².